The van der Waals surface area contributed by atoms with Crippen LogP contribution in [0.3, 0.4) is 0 Å². The number of halogens is 2. The number of imidazole rings is 1. The summed E-state index contributed by atoms with van der Waals surface area (Å²) in [5.74, 6) is -2.00. The molecule has 1 saturated heterocycles. The molecule has 0 radical (unpaired) electrons. The van der Waals surface area contributed by atoms with Crippen LogP contribution in [0.2, 0.25) is 18.1 Å². The van der Waals surface area contributed by atoms with E-state index in [4.69, 9.17) is 23.7 Å². The number of phosphoric ester groups is 1. The standard InChI is InChI=1S/C27H36F2N5O6PSi/c1-15-19(13-38-41(36)37-8-7-21(39-41)16-9-17(28)11-18(29)10-16)22(40-42(5,6)27(2,3)4)12-20(15)34-14-31-23-24(34)32-26(30)33-25(23)35/h9-11,14,19-22H,1,7-8,12-13H2,2-6H3,(H3,30,32,33,35)/t19-,20-,21+,22-,41-/m0/s1. The van der Waals surface area contributed by atoms with Crippen molar-refractivity contribution in [3.8, 4) is 0 Å². The SMILES string of the molecule is C=C1[C@H](CO[P@]2(=O)OCC[C@H](c3cc(F)cc(F)c3)O2)[C@@H](O[Si](C)(C)C(C)(C)C)C[C@@H]1n1cnc2c(=O)[nH]c(N)nc21. The molecule has 1 saturated carbocycles. The van der Waals surface area contributed by atoms with Crippen molar-refractivity contribution in [3.63, 3.8) is 0 Å². The Morgan fingerprint density at radius 1 is 1.26 bits per heavy atom. The molecule has 1 aliphatic heterocycles. The summed E-state index contributed by atoms with van der Waals surface area (Å²) in [4.78, 5) is 23.4. The average Bonchev–Trinajstić information content (AvgIpc) is 3.42. The molecule has 2 fully saturated rings. The Hall–Kier alpha value is -2.74. The molecule has 5 rings (SSSR count). The van der Waals surface area contributed by atoms with E-state index in [-0.39, 0.29) is 53.8 Å². The van der Waals surface area contributed by atoms with E-state index < -0.39 is 45.4 Å². The van der Waals surface area contributed by atoms with E-state index in [1.807, 2.05) is 0 Å². The first-order chi connectivity index (χ1) is 19.6. The maximum Gasteiger partial charge on any atom is 0.475 e. The first-order valence-corrected chi connectivity index (χ1v) is 18.1. The third kappa shape index (κ3) is 6.01. The van der Waals surface area contributed by atoms with E-state index in [9.17, 15) is 18.1 Å². The maximum atomic E-state index is 13.8. The zero-order valence-corrected chi connectivity index (χ0v) is 26.1. The van der Waals surface area contributed by atoms with Crippen LogP contribution in [0.1, 0.15) is 51.3 Å². The molecule has 15 heteroatoms. The number of H-pyrrole nitrogens is 1. The Morgan fingerprint density at radius 2 is 1.95 bits per heavy atom. The molecule has 228 valence electrons. The van der Waals surface area contributed by atoms with Crippen LogP contribution in [0.25, 0.3) is 11.2 Å². The maximum absolute atomic E-state index is 13.8. The number of phosphoric acid groups is 1. The summed E-state index contributed by atoms with van der Waals surface area (Å²) in [5.41, 5.74) is 6.73. The molecule has 0 spiro atoms. The molecule has 3 N–H and O–H groups in total. The van der Waals surface area contributed by atoms with Crippen molar-refractivity contribution >= 4 is 33.3 Å². The topological polar surface area (TPSA) is 144 Å². The summed E-state index contributed by atoms with van der Waals surface area (Å²) < 4.78 is 66.8. The van der Waals surface area contributed by atoms with Crippen molar-refractivity contribution < 1.29 is 31.3 Å². The normalized spacial score (nSPS) is 27.2. The van der Waals surface area contributed by atoms with Crippen LogP contribution in [0.15, 0.2) is 41.5 Å². The fourth-order valence-electron chi connectivity index (χ4n) is 5.12. The predicted molar refractivity (Wildman–Crippen MR) is 155 cm³/mol. The number of nitrogens with one attached hydrogen (secondary N) is 1. The number of aromatic nitrogens is 4. The summed E-state index contributed by atoms with van der Waals surface area (Å²) in [6.45, 7) is 14.9. The predicted octanol–water partition coefficient (Wildman–Crippen LogP) is 5.79. The molecule has 11 nitrogen and oxygen atoms in total. The highest BCUT2D eigenvalue weighted by Crippen LogP contribution is 2.58. The van der Waals surface area contributed by atoms with Gasteiger partial charge in [-0.15, -0.1) is 0 Å². The first kappa shape index (κ1) is 30.7. The fraction of sp³-hybridized carbons (Fsp3) is 0.519. The second kappa shape index (κ2) is 11.1. The molecule has 1 aromatic carbocycles. The number of nitrogen functional groups attached to an aromatic ring is 1. The molecule has 42 heavy (non-hydrogen) atoms. The van der Waals surface area contributed by atoms with Crippen LogP contribution in [0.5, 0.6) is 0 Å². The lowest BCUT2D eigenvalue weighted by atomic mass is 10.0. The molecule has 2 aromatic heterocycles. The quantitative estimate of drug-likeness (QED) is 0.190. The summed E-state index contributed by atoms with van der Waals surface area (Å²) in [6.07, 6.45) is 0.975. The van der Waals surface area contributed by atoms with Gasteiger partial charge >= 0.3 is 7.82 Å². The van der Waals surface area contributed by atoms with Gasteiger partial charge in [-0.05, 0) is 47.8 Å². The van der Waals surface area contributed by atoms with E-state index >= 15 is 0 Å². The van der Waals surface area contributed by atoms with Crippen molar-refractivity contribution in [1.82, 2.24) is 19.5 Å². The van der Waals surface area contributed by atoms with Crippen molar-refractivity contribution in [1.29, 1.82) is 0 Å². The lowest BCUT2D eigenvalue weighted by Crippen LogP contribution is -2.45. The monoisotopic (exact) mass is 623 g/mol. The van der Waals surface area contributed by atoms with E-state index in [1.54, 1.807) is 4.57 Å². The van der Waals surface area contributed by atoms with Gasteiger partial charge in [-0.2, -0.15) is 4.98 Å². The van der Waals surface area contributed by atoms with E-state index in [2.05, 4.69) is 55.4 Å². The molecular weight excluding hydrogens is 587 g/mol. The number of nitrogens with zero attached hydrogens (tertiary/aromatic N) is 3. The largest absolute Gasteiger partial charge is 0.475 e. The Kier molecular flexibility index (Phi) is 8.09. The summed E-state index contributed by atoms with van der Waals surface area (Å²) in [7, 11) is -6.41. The van der Waals surface area contributed by atoms with Crippen molar-refractivity contribution in [2.75, 3.05) is 18.9 Å². The minimum atomic E-state index is -4.11. The second-order valence-corrected chi connectivity index (χ2v) is 18.7. The Bertz CT molecular complexity index is 1600. The highest BCUT2D eigenvalue weighted by atomic mass is 31.2. The van der Waals surface area contributed by atoms with Crippen molar-refractivity contribution in [3.05, 3.63) is 64.2 Å². The van der Waals surface area contributed by atoms with Gasteiger partial charge in [-0.1, -0.05) is 27.4 Å². The van der Waals surface area contributed by atoms with Crippen molar-refractivity contribution in [2.24, 2.45) is 5.92 Å². The molecule has 0 unspecified atom stereocenters. The van der Waals surface area contributed by atoms with E-state index in [1.165, 1.54) is 6.33 Å². The van der Waals surface area contributed by atoms with Gasteiger partial charge in [0.05, 0.1) is 37.8 Å². The van der Waals surface area contributed by atoms with Gasteiger partial charge < -0.3 is 14.7 Å². The summed E-state index contributed by atoms with van der Waals surface area (Å²) in [5, 5.41) is -0.0986. The highest BCUT2D eigenvalue weighted by Gasteiger charge is 2.48. The van der Waals surface area contributed by atoms with Gasteiger partial charge in [-0.25, -0.2) is 18.3 Å². The third-order valence-corrected chi connectivity index (χ3v) is 14.4. The molecule has 0 amide bonds. The lowest BCUT2D eigenvalue weighted by Gasteiger charge is -2.40. The zero-order chi connectivity index (χ0) is 30.6. The molecule has 3 heterocycles. The molecule has 0 bridgehead atoms. The van der Waals surface area contributed by atoms with Gasteiger partial charge in [0, 0.05) is 18.4 Å². The smallest absolute Gasteiger partial charge is 0.413 e. The van der Waals surface area contributed by atoms with Crippen LogP contribution in [0.4, 0.5) is 14.7 Å². The van der Waals surface area contributed by atoms with Gasteiger partial charge in [-0.3, -0.25) is 23.3 Å². The van der Waals surface area contributed by atoms with Gasteiger partial charge in [0.2, 0.25) is 5.95 Å². The summed E-state index contributed by atoms with van der Waals surface area (Å²) >= 11 is 0. The third-order valence-electron chi connectivity index (χ3n) is 8.40. The Labute approximate surface area is 243 Å². The van der Waals surface area contributed by atoms with Crippen LogP contribution < -0.4 is 11.3 Å². The first-order valence-electron chi connectivity index (χ1n) is 13.7. The second-order valence-electron chi connectivity index (χ2n) is 12.3. The van der Waals surface area contributed by atoms with Gasteiger partial charge in [0.25, 0.3) is 5.56 Å². The molecule has 3 aromatic rings. The van der Waals surface area contributed by atoms with E-state index in [0.29, 0.717) is 17.6 Å². The number of hydrogen-bond acceptors (Lipinski definition) is 9. The molecule has 2 aliphatic rings. The lowest BCUT2D eigenvalue weighted by molar-refractivity contribution is 0.0173. The highest BCUT2D eigenvalue weighted by molar-refractivity contribution is 7.48. The minimum Gasteiger partial charge on any atom is -0.413 e. The number of nitrogens with two attached hydrogens (primary N) is 1. The number of anilines is 1. The average molecular weight is 624 g/mol. The van der Waals surface area contributed by atoms with Gasteiger partial charge in [0.15, 0.2) is 19.5 Å². The van der Waals surface area contributed by atoms with Crippen LogP contribution in [-0.2, 0) is 22.6 Å². The molecule has 1 aliphatic carbocycles. The van der Waals surface area contributed by atoms with Crippen LogP contribution in [0, 0.1) is 17.6 Å². The number of benzene rings is 1. The summed E-state index contributed by atoms with van der Waals surface area (Å²) in [6, 6.07) is 2.66. The number of aromatic amines is 1. The van der Waals surface area contributed by atoms with E-state index in [0.717, 1.165) is 18.2 Å². The Morgan fingerprint density at radius 3 is 2.62 bits per heavy atom. The molecule has 5 atom stereocenters. The number of fused-ring (bicyclic) bond motifs is 1. The molecular formula is C27H36F2N5O6PSi. The van der Waals surface area contributed by atoms with Gasteiger partial charge in [0.1, 0.15) is 11.6 Å². The van der Waals surface area contributed by atoms with Crippen LogP contribution >= 0.6 is 7.82 Å². The number of rotatable bonds is 7. The minimum absolute atomic E-state index is 0.0148. The Balaban J connectivity index is 1.41. The number of hydrogen-bond donors (Lipinski definition) is 2. The van der Waals surface area contributed by atoms with Crippen LogP contribution in [-0.4, -0.2) is 47.2 Å². The fourth-order valence-corrected chi connectivity index (χ4v) is 7.90. The zero-order valence-electron chi connectivity index (χ0n) is 24.2. The van der Waals surface area contributed by atoms with Crippen molar-refractivity contribution in [2.45, 2.75) is 70.0 Å².